The van der Waals surface area contributed by atoms with Gasteiger partial charge in [0.05, 0.1) is 26.0 Å². The largest absolute Gasteiger partial charge is 0.379 e. The molecule has 1 fully saturated rings. The molecule has 1 saturated heterocycles. The van der Waals surface area contributed by atoms with E-state index in [4.69, 9.17) is 4.74 Å². The molecule has 0 bridgehead atoms. The fourth-order valence-electron chi connectivity index (χ4n) is 2.28. The highest BCUT2D eigenvalue weighted by Crippen LogP contribution is 2.01. The van der Waals surface area contributed by atoms with E-state index >= 15 is 0 Å². The van der Waals surface area contributed by atoms with E-state index in [0.29, 0.717) is 32.8 Å². The first-order chi connectivity index (χ1) is 10.8. The maximum atomic E-state index is 11.9. The fourth-order valence-corrected chi connectivity index (χ4v) is 3.04. The molecule has 1 aliphatic heterocycles. The first kappa shape index (κ1) is 20.3. The van der Waals surface area contributed by atoms with Crippen molar-refractivity contribution >= 4 is 15.9 Å². The fraction of sp³-hybridized carbons (Fsp3) is 0.929. The van der Waals surface area contributed by atoms with Gasteiger partial charge in [0.1, 0.15) is 0 Å². The van der Waals surface area contributed by atoms with Crippen LogP contribution in [0.2, 0.25) is 0 Å². The molecule has 0 aromatic rings. The molecule has 8 nitrogen and oxygen atoms in total. The number of carbonyl (C=O) groups is 1. The molecule has 0 radical (unpaired) electrons. The van der Waals surface area contributed by atoms with Crippen LogP contribution in [0.25, 0.3) is 0 Å². The number of nitrogens with zero attached hydrogens (tertiary/aromatic N) is 3. The topological polar surface area (TPSA) is 82.2 Å². The molecule has 0 atom stereocenters. The lowest BCUT2D eigenvalue weighted by atomic mass is 10.4. The predicted octanol–water partition coefficient (Wildman–Crippen LogP) is -1.35. The Kier molecular flexibility index (Phi) is 9.00. The lowest BCUT2D eigenvalue weighted by molar-refractivity contribution is -0.121. The van der Waals surface area contributed by atoms with Gasteiger partial charge in [-0.15, -0.1) is 0 Å². The zero-order valence-electron chi connectivity index (χ0n) is 14.5. The number of hydrogen-bond acceptors (Lipinski definition) is 6. The van der Waals surface area contributed by atoms with Crippen molar-refractivity contribution in [2.45, 2.75) is 6.42 Å². The molecule has 9 heteroatoms. The normalized spacial score (nSPS) is 16.9. The quantitative estimate of drug-likeness (QED) is 0.491. The highest BCUT2D eigenvalue weighted by atomic mass is 32.2. The summed E-state index contributed by atoms with van der Waals surface area (Å²) in [6.07, 6.45) is 1.98. The first-order valence-electron chi connectivity index (χ1n) is 7.95. The Labute approximate surface area is 139 Å². The molecule has 0 aromatic carbocycles. The second-order valence-electron chi connectivity index (χ2n) is 6.06. The van der Waals surface area contributed by atoms with E-state index < -0.39 is 10.0 Å². The van der Waals surface area contributed by atoms with Crippen LogP contribution in [0.4, 0.5) is 0 Å². The van der Waals surface area contributed by atoms with Crippen molar-refractivity contribution < 1.29 is 17.9 Å². The van der Waals surface area contributed by atoms with Crippen LogP contribution in [0.15, 0.2) is 0 Å². The Morgan fingerprint density at radius 2 is 1.87 bits per heavy atom. The molecule has 0 aliphatic carbocycles. The lowest BCUT2D eigenvalue weighted by Gasteiger charge is -2.29. The Balaban J connectivity index is 2.37. The summed E-state index contributed by atoms with van der Waals surface area (Å²) >= 11 is 0. The average molecular weight is 350 g/mol. The number of nitrogens with one attached hydrogen (secondary N) is 1. The van der Waals surface area contributed by atoms with Crippen molar-refractivity contribution in [3.63, 3.8) is 0 Å². The first-order valence-corrected chi connectivity index (χ1v) is 9.80. The summed E-state index contributed by atoms with van der Waals surface area (Å²) in [5.41, 5.74) is 0. The summed E-state index contributed by atoms with van der Waals surface area (Å²) in [6, 6.07) is 0. The number of sulfonamides is 1. The van der Waals surface area contributed by atoms with E-state index in [9.17, 15) is 13.2 Å². The van der Waals surface area contributed by atoms with Gasteiger partial charge in [-0.3, -0.25) is 9.69 Å². The van der Waals surface area contributed by atoms with Crippen LogP contribution in [0.5, 0.6) is 0 Å². The Bertz CT molecular complexity index is 450. The third kappa shape index (κ3) is 9.21. The Morgan fingerprint density at radius 3 is 2.43 bits per heavy atom. The van der Waals surface area contributed by atoms with Crippen LogP contribution in [0, 0.1) is 0 Å². The van der Waals surface area contributed by atoms with Crippen LogP contribution in [-0.2, 0) is 19.6 Å². The summed E-state index contributed by atoms with van der Waals surface area (Å²) in [4.78, 5) is 16.1. The summed E-state index contributed by atoms with van der Waals surface area (Å²) in [5, 5.41) is 2.77. The molecular weight excluding hydrogens is 320 g/mol. The van der Waals surface area contributed by atoms with Crippen molar-refractivity contribution in [3.8, 4) is 0 Å². The van der Waals surface area contributed by atoms with E-state index in [0.717, 1.165) is 32.3 Å². The van der Waals surface area contributed by atoms with Gasteiger partial charge >= 0.3 is 0 Å². The minimum absolute atomic E-state index is 0.120. The van der Waals surface area contributed by atoms with Gasteiger partial charge in [0.25, 0.3) is 0 Å². The highest BCUT2D eigenvalue weighted by Gasteiger charge is 2.21. The van der Waals surface area contributed by atoms with Gasteiger partial charge in [-0.1, -0.05) is 0 Å². The number of rotatable bonds is 10. The summed E-state index contributed by atoms with van der Waals surface area (Å²) in [6.45, 7) is 5.20. The van der Waals surface area contributed by atoms with E-state index in [2.05, 4.69) is 10.2 Å². The van der Waals surface area contributed by atoms with Crippen LogP contribution >= 0.6 is 0 Å². The third-order valence-corrected chi connectivity index (χ3v) is 4.91. The van der Waals surface area contributed by atoms with Gasteiger partial charge in [-0.2, -0.15) is 4.31 Å². The van der Waals surface area contributed by atoms with E-state index in [1.807, 2.05) is 19.0 Å². The number of morpholine rings is 1. The summed E-state index contributed by atoms with van der Waals surface area (Å²) < 4.78 is 30.2. The van der Waals surface area contributed by atoms with Crippen molar-refractivity contribution in [1.29, 1.82) is 0 Å². The van der Waals surface area contributed by atoms with Gasteiger partial charge in [-0.05, 0) is 27.1 Å². The number of carbonyl (C=O) groups excluding carboxylic acids is 1. The summed E-state index contributed by atoms with van der Waals surface area (Å²) in [7, 11) is 0.544. The molecule has 136 valence electrons. The molecule has 1 rings (SSSR count). The summed E-state index contributed by atoms with van der Waals surface area (Å²) in [5.74, 6) is -0.254. The van der Waals surface area contributed by atoms with E-state index in [1.165, 1.54) is 4.31 Å². The predicted molar refractivity (Wildman–Crippen MR) is 89.9 cm³/mol. The average Bonchev–Trinajstić information content (AvgIpc) is 2.47. The van der Waals surface area contributed by atoms with Crippen molar-refractivity contribution in [3.05, 3.63) is 0 Å². The minimum atomic E-state index is -3.40. The zero-order chi connectivity index (χ0) is 17.3. The van der Waals surface area contributed by atoms with Crippen molar-refractivity contribution in [2.75, 3.05) is 79.4 Å². The van der Waals surface area contributed by atoms with Gasteiger partial charge in [-0.25, -0.2) is 8.42 Å². The molecule has 0 spiro atoms. The highest BCUT2D eigenvalue weighted by molar-refractivity contribution is 7.88. The molecular formula is C14H30N4O4S. The Morgan fingerprint density at radius 1 is 1.22 bits per heavy atom. The molecule has 1 aliphatic rings. The van der Waals surface area contributed by atoms with Gasteiger partial charge < -0.3 is 15.0 Å². The molecule has 23 heavy (non-hydrogen) atoms. The minimum Gasteiger partial charge on any atom is -0.379 e. The number of hydrogen-bond donors (Lipinski definition) is 1. The van der Waals surface area contributed by atoms with Gasteiger partial charge in [0.15, 0.2) is 0 Å². The van der Waals surface area contributed by atoms with Crippen molar-refractivity contribution in [1.82, 2.24) is 19.4 Å². The Hall–Kier alpha value is -0.740. The maximum Gasteiger partial charge on any atom is 0.235 e. The number of amides is 1. The molecule has 1 N–H and O–H groups in total. The van der Waals surface area contributed by atoms with Crippen LogP contribution in [0.3, 0.4) is 0 Å². The van der Waals surface area contributed by atoms with Crippen molar-refractivity contribution in [2.24, 2.45) is 0 Å². The maximum absolute atomic E-state index is 11.9. The molecule has 1 heterocycles. The van der Waals surface area contributed by atoms with E-state index in [-0.39, 0.29) is 12.5 Å². The zero-order valence-corrected chi connectivity index (χ0v) is 15.3. The molecule has 1 amide bonds. The SMILES string of the molecule is CN(C)CCCNC(=O)CN(CCN1CCOCC1)S(C)(=O)=O. The van der Waals surface area contributed by atoms with Gasteiger partial charge in [0, 0.05) is 32.7 Å². The standard InChI is InChI=1S/C14H30N4O4S/c1-16(2)6-4-5-15-14(19)13-18(23(3,20)21)8-7-17-9-11-22-12-10-17/h4-13H2,1-3H3,(H,15,19). The molecule has 0 saturated carbocycles. The van der Waals surface area contributed by atoms with Crippen LogP contribution in [-0.4, -0.2) is 108 Å². The second kappa shape index (κ2) is 10.2. The molecule has 0 unspecified atom stereocenters. The number of ether oxygens (including phenoxy) is 1. The van der Waals surface area contributed by atoms with Crippen LogP contribution in [0.1, 0.15) is 6.42 Å². The van der Waals surface area contributed by atoms with Gasteiger partial charge in [0.2, 0.25) is 15.9 Å². The van der Waals surface area contributed by atoms with Crippen LogP contribution < -0.4 is 5.32 Å². The van der Waals surface area contributed by atoms with E-state index in [1.54, 1.807) is 0 Å². The third-order valence-electron chi connectivity index (χ3n) is 3.66. The molecule has 0 aromatic heterocycles. The second-order valence-corrected chi connectivity index (χ2v) is 8.04. The smallest absolute Gasteiger partial charge is 0.235 e. The lowest BCUT2D eigenvalue weighted by Crippen LogP contribution is -2.46. The monoisotopic (exact) mass is 350 g/mol.